The number of benzene rings is 1. The van der Waals surface area contributed by atoms with Crippen LogP contribution in [0.3, 0.4) is 0 Å². The summed E-state index contributed by atoms with van der Waals surface area (Å²) >= 11 is 0. The summed E-state index contributed by atoms with van der Waals surface area (Å²) in [6, 6.07) is 4.88. The van der Waals surface area contributed by atoms with Gasteiger partial charge in [0.2, 0.25) is 27.6 Å². The lowest BCUT2D eigenvalue weighted by Crippen LogP contribution is -2.62. The number of nitrogens with zero attached hydrogens (tertiary/aromatic N) is 2. The Morgan fingerprint density at radius 1 is 1.00 bits per heavy atom. The second kappa shape index (κ2) is 17.1. The van der Waals surface area contributed by atoms with Gasteiger partial charge < -0.3 is 26.2 Å². The first kappa shape index (κ1) is 43.6. The Morgan fingerprint density at radius 3 is 2.15 bits per heavy atom. The van der Waals surface area contributed by atoms with Gasteiger partial charge in [-0.15, -0.1) is 6.58 Å². The second-order valence-corrected chi connectivity index (χ2v) is 19.3. The van der Waals surface area contributed by atoms with Crippen molar-refractivity contribution in [1.82, 2.24) is 30.5 Å². The maximum atomic E-state index is 14.5. The van der Waals surface area contributed by atoms with Crippen LogP contribution in [0.4, 0.5) is 4.79 Å². The summed E-state index contributed by atoms with van der Waals surface area (Å²) in [5.41, 5.74) is -0.784. The van der Waals surface area contributed by atoms with Crippen molar-refractivity contribution in [2.75, 3.05) is 25.9 Å². The van der Waals surface area contributed by atoms with Crippen LogP contribution in [0.5, 0.6) is 0 Å². The van der Waals surface area contributed by atoms with Gasteiger partial charge in [-0.2, -0.15) is 4.31 Å². The Morgan fingerprint density at radius 2 is 1.62 bits per heavy atom. The molecule has 2 fully saturated rings. The number of amides is 5. The number of piperidine rings is 1. The number of ketones is 1. The SMILES string of the molecule is C=CCNC(=O)C(=O)C(CCCC)NC(=O)[C@@H]1[C@@H]2[C@H](CN1C(=O)[C@@H](NC(=O)N[C@H](CN(Cc1ccccc1)S(C)(=O)=O)C(C)(C)C)C(C)(C)C)C2(C)C. The maximum Gasteiger partial charge on any atom is 0.315 e. The average Bonchev–Trinajstić information content (AvgIpc) is 3.36. The van der Waals surface area contributed by atoms with E-state index in [1.807, 2.05) is 92.6 Å². The number of carbonyl (C=O) groups is 5. The number of hydrogen-bond acceptors (Lipinski definition) is 7. The number of urea groups is 1. The summed E-state index contributed by atoms with van der Waals surface area (Å²) in [7, 11) is -3.66. The van der Waals surface area contributed by atoms with Gasteiger partial charge in [0.25, 0.3) is 5.91 Å². The molecule has 1 aromatic carbocycles. The van der Waals surface area contributed by atoms with E-state index in [-0.39, 0.29) is 43.3 Å². The van der Waals surface area contributed by atoms with Gasteiger partial charge in [0, 0.05) is 32.2 Å². The first-order valence-corrected chi connectivity index (χ1v) is 20.4. The van der Waals surface area contributed by atoms with Crippen molar-refractivity contribution in [2.45, 2.75) is 112 Å². The van der Waals surface area contributed by atoms with E-state index in [0.717, 1.165) is 18.2 Å². The van der Waals surface area contributed by atoms with Crippen molar-refractivity contribution in [3.63, 3.8) is 0 Å². The number of sulfonamides is 1. The van der Waals surface area contributed by atoms with Crippen LogP contribution in [0.1, 0.15) is 87.1 Å². The first-order valence-electron chi connectivity index (χ1n) is 18.5. The topological polar surface area (TPSA) is 174 Å². The molecule has 53 heavy (non-hydrogen) atoms. The molecule has 296 valence electrons. The zero-order valence-corrected chi connectivity index (χ0v) is 34.1. The van der Waals surface area contributed by atoms with E-state index in [1.54, 1.807) is 0 Å². The Hall–Kier alpha value is -3.78. The lowest BCUT2D eigenvalue weighted by molar-refractivity contribution is -0.145. The summed E-state index contributed by atoms with van der Waals surface area (Å²) in [5.74, 6) is -2.65. The van der Waals surface area contributed by atoms with E-state index in [4.69, 9.17) is 0 Å². The smallest absolute Gasteiger partial charge is 0.315 e. The lowest BCUT2D eigenvalue weighted by Gasteiger charge is -2.39. The molecule has 1 heterocycles. The Bertz CT molecular complexity index is 1620. The Kier molecular flexibility index (Phi) is 14.1. The van der Waals surface area contributed by atoms with Crippen molar-refractivity contribution >= 4 is 39.6 Å². The minimum atomic E-state index is -3.66. The molecule has 4 N–H and O–H groups in total. The number of fused-ring (bicyclic) bond motifs is 1. The molecule has 0 bridgehead atoms. The summed E-state index contributed by atoms with van der Waals surface area (Å²) in [4.78, 5) is 69.6. The molecule has 5 amide bonds. The Balaban J connectivity index is 1.85. The zero-order chi connectivity index (χ0) is 40.1. The van der Waals surface area contributed by atoms with Crippen molar-refractivity contribution < 1.29 is 32.4 Å². The van der Waals surface area contributed by atoms with Gasteiger partial charge in [-0.05, 0) is 40.1 Å². The van der Waals surface area contributed by atoms with Gasteiger partial charge in [0.15, 0.2) is 0 Å². The van der Waals surface area contributed by atoms with Crippen LogP contribution in [0.2, 0.25) is 0 Å². The number of Topliss-reactive ketones (excluding diaryl/α,β-unsaturated/α-hetero) is 1. The summed E-state index contributed by atoms with van der Waals surface area (Å²) in [5, 5.41) is 11.1. The first-order chi connectivity index (χ1) is 24.4. The molecule has 14 heteroatoms. The number of unbranched alkanes of at least 4 members (excludes halogenated alkanes) is 1. The highest BCUT2D eigenvalue weighted by molar-refractivity contribution is 7.88. The number of likely N-dealkylation sites (tertiary alicyclic amines) is 1. The third kappa shape index (κ3) is 11.1. The molecule has 3 rings (SSSR count). The molecule has 1 aliphatic carbocycles. The molecule has 13 nitrogen and oxygen atoms in total. The van der Waals surface area contributed by atoms with Gasteiger partial charge >= 0.3 is 6.03 Å². The van der Waals surface area contributed by atoms with Crippen molar-refractivity contribution in [3.05, 3.63) is 48.6 Å². The van der Waals surface area contributed by atoms with Crippen LogP contribution in [-0.4, -0.2) is 97.2 Å². The summed E-state index contributed by atoms with van der Waals surface area (Å²) in [6.07, 6.45) is 4.21. The normalized spacial score (nSPS) is 21.1. The van der Waals surface area contributed by atoms with Crippen LogP contribution in [0, 0.1) is 28.1 Å². The third-order valence-electron chi connectivity index (χ3n) is 10.7. The molecule has 1 unspecified atom stereocenters. The molecule has 1 saturated carbocycles. The predicted molar refractivity (Wildman–Crippen MR) is 206 cm³/mol. The van der Waals surface area contributed by atoms with Gasteiger partial charge in [-0.1, -0.05) is 112 Å². The fourth-order valence-electron chi connectivity index (χ4n) is 7.15. The number of hydrogen-bond donors (Lipinski definition) is 4. The lowest BCUT2D eigenvalue weighted by atomic mass is 9.85. The standard InChI is InChI=1S/C39H62N6O7S/c1-12-14-20-27(31(46)34(48)40-21-13-2)41-33(47)30-29-26(39(29,9)10)23-45(30)35(49)32(38(6,7)8)43-36(50)42-28(37(3,4)5)24-44(53(11,51)52)22-25-18-16-15-17-19-25/h13,15-19,26-30,32H,2,12,14,20-24H2,1,3-11H3,(H,40,48)(H,41,47)(H2,42,43,50)/t26-,27?,28+,29-,30-,32+/m0/s1. The van der Waals surface area contributed by atoms with Gasteiger partial charge in [0.05, 0.1) is 12.3 Å². The third-order valence-corrected chi connectivity index (χ3v) is 11.9. The van der Waals surface area contributed by atoms with E-state index in [0.29, 0.717) is 13.0 Å². The molecule has 0 aromatic heterocycles. The molecule has 2 aliphatic rings. The number of rotatable bonds is 17. The van der Waals surface area contributed by atoms with Crippen LogP contribution >= 0.6 is 0 Å². The molecular weight excluding hydrogens is 697 g/mol. The molecule has 0 spiro atoms. The van der Waals surface area contributed by atoms with E-state index in [1.165, 1.54) is 15.3 Å². The van der Waals surface area contributed by atoms with Crippen molar-refractivity contribution in [2.24, 2.45) is 28.1 Å². The van der Waals surface area contributed by atoms with E-state index in [2.05, 4.69) is 27.8 Å². The molecule has 0 radical (unpaired) electrons. The minimum absolute atomic E-state index is 0.00484. The summed E-state index contributed by atoms with van der Waals surface area (Å²) < 4.78 is 27.1. The van der Waals surface area contributed by atoms with Gasteiger partial charge in [-0.25, -0.2) is 13.2 Å². The fourth-order valence-corrected chi connectivity index (χ4v) is 7.95. The predicted octanol–water partition coefficient (Wildman–Crippen LogP) is 3.61. The van der Waals surface area contributed by atoms with Crippen LogP contribution < -0.4 is 21.3 Å². The molecule has 1 aromatic rings. The van der Waals surface area contributed by atoms with Crippen molar-refractivity contribution in [1.29, 1.82) is 0 Å². The number of carbonyl (C=O) groups excluding carboxylic acids is 5. The maximum absolute atomic E-state index is 14.5. The van der Waals surface area contributed by atoms with Gasteiger partial charge in [-0.3, -0.25) is 19.2 Å². The molecule has 6 atom stereocenters. The zero-order valence-electron chi connectivity index (χ0n) is 33.2. The molecule has 1 aliphatic heterocycles. The van der Waals surface area contributed by atoms with Gasteiger partial charge in [0.1, 0.15) is 12.1 Å². The highest BCUT2D eigenvalue weighted by atomic mass is 32.2. The quantitative estimate of drug-likeness (QED) is 0.139. The molecular formula is C39H62N6O7S. The van der Waals surface area contributed by atoms with E-state index >= 15 is 0 Å². The highest BCUT2D eigenvalue weighted by Crippen LogP contribution is 2.65. The monoisotopic (exact) mass is 758 g/mol. The van der Waals surface area contributed by atoms with E-state index < -0.39 is 74.6 Å². The fraction of sp³-hybridized carbons (Fsp3) is 0.667. The second-order valence-electron chi connectivity index (χ2n) is 17.3. The highest BCUT2D eigenvalue weighted by Gasteiger charge is 2.70. The summed E-state index contributed by atoms with van der Waals surface area (Å²) in [6.45, 7) is 21.3. The minimum Gasteiger partial charge on any atom is -0.346 e. The molecule has 1 saturated heterocycles. The number of nitrogens with one attached hydrogen (secondary N) is 4. The van der Waals surface area contributed by atoms with Crippen LogP contribution in [0.25, 0.3) is 0 Å². The van der Waals surface area contributed by atoms with Crippen LogP contribution in [-0.2, 0) is 35.7 Å². The van der Waals surface area contributed by atoms with Crippen LogP contribution in [0.15, 0.2) is 43.0 Å². The average molecular weight is 759 g/mol. The van der Waals surface area contributed by atoms with E-state index in [9.17, 15) is 32.4 Å². The largest absolute Gasteiger partial charge is 0.346 e. The van der Waals surface area contributed by atoms with Crippen molar-refractivity contribution in [3.8, 4) is 0 Å². The Labute approximate surface area is 316 Å².